The SMILES string of the molecule is CCN(CC)CCOc1ccc(C(=O)c2ccc(OCc3ccccc3)c(OC)c2)cc1. The van der Waals surface area contributed by atoms with Gasteiger partial charge >= 0.3 is 0 Å². The monoisotopic (exact) mass is 433 g/mol. The number of benzene rings is 3. The van der Waals surface area contributed by atoms with Gasteiger partial charge in [0.05, 0.1) is 7.11 Å². The molecular formula is C27H31NO4. The first-order chi connectivity index (χ1) is 15.6. The summed E-state index contributed by atoms with van der Waals surface area (Å²) in [6, 6.07) is 22.4. The van der Waals surface area contributed by atoms with E-state index in [1.165, 1.54) is 0 Å². The Morgan fingerprint density at radius 1 is 0.812 bits per heavy atom. The van der Waals surface area contributed by atoms with Crippen molar-refractivity contribution in [1.82, 2.24) is 4.90 Å². The molecule has 0 heterocycles. The van der Waals surface area contributed by atoms with Crippen LogP contribution in [-0.2, 0) is 6.61 Å². The summed E-state index contributed by atoms with van der Waals surface area (Å²) < 4.78 is 17.2. The third-order valence-corrected chi connectivity index (χ3v) is 5.35. The fourth-order valence-corrected chi connectivity index (χ4v) is 3.37. The Kier molecular flexibility index (Phi) is 8.70. The average Bonchev–Trinajstić information content (AvgIpc) is 2.86. The number of rotatable bonds is 12. The van der Waals surface area contributed by atoms with Crippen LogP contribution in [0.1, 0.15) is 35.3 Å². The van der Waals surface area contributed by atoms with Gasteiger partial charge in [-0.15, -0.1) is 0 Å². The van der Waals surface area contributed by atoms with E-state index in [1.54, 1.807) is 37.4 Å². The van der Waals surface area contributed by atoms with Gasteiger partial charge in [0.25, 0.3) is 0 Å². The lowest BCUT2D eigenvalue weighted by Gasteiger charge is -2.18. The Bertz CT molecular complexity index is 982. The zero-order valence-corrected chi connectivity index (χ0v) is 19.0. The van der Waals surface area contributed by atoms with Gasteiger partial charge in [0, 0.05) is 17.7 Å². The van der Waals surface area contributed by atoms with E-state index in [-0.39, 0.29) is 5.78 Å². The highest BCUT2D eigenvalue weighted by atomic mass is 16.5. The fraction of sp³-hybridized carbons (Fsp3) is 0.296. The molecule has 3 aromatic rings. The van der Waals surface area contributed by atoms with Gasteiger partial charge in [0.2, 0.25) is 0 Å². The first-order valence-electron chi connectivity index (χ1n) is 11.0. The number of ketones is 1. The van der Waals surface area contributed by atoms with Crippen LogP contribution in [0, 0.1) is 0 Å². The lowest BCUT2D eigenvalue weighted by Crippen LogP contribution is -2.27. The quantitative estimate of drug-likeness (QED) is 0.366. The number of ether oxygens (including phenoxy) is 3. The van der Waals surface area contributed by atoms with E-state index >= 15 is 0 Å². The van der Waals surface area contributed by atoms with Gasteiger partial charge in [-0.05, 0) is 61.1 Å². The van der Waals surface area contributed by atoms with Gasteiger partial charge in [-0.3, -0.25) is 4.79 Å². The van der Waals surface area contributed by atoms with Crippen LogP contribution in [0.4, 0.5) is 0 Å². The molecule has 168 valence electrons. The molecule has 0 saturated heterocycles. The minimum absolute atomic E-state index is 0.0763. The van der Waals surface area contributed by atoms with Crippen LogP contribution in [0.25, 0.3) is 0 Å². The maximum atomic E-state index is 13.0. The van der Waals surface area contributed by atoms with Crippen LogP contribution in [0.15, 0.2) is 72.8 Å². The van der Waals surface area contributed by atoms with E-state index < -0.39 is 0 Å². The normalized spacial score (nSPS) is 10.8. The smallest absolute Gasteiger partial charge is 0.193 e. The maximum Gasteiger partial charge on any atom is 0.193 e. The van der Waals surface area contributed by atoms with Gasteiger partial charge in [-0.1, -0.05) is 44.2 Å². The van der Waals surface area contributed by atoms with Crippen LogP contribution >= 0.6 is 0 Å². The number of likely N-dealkylation sites (N-methyl/N-ethyl adjacent to an activating group) is 1. The second-order valence-electron chi connectivity index (χ2n) is 7.37. The van der Waals surface area contributed by atoms with Crippen LogP contribution in [-0.4, -0.2) is 44.0 Å². The minimum Gasteiger partial charge on any atom is -0.493 e. The van der Waals surface area contributed by atoms with Gasteiger partial charge in [-0.2, -0.15) is 0 Å². The summed E-state index contributed by atoms with van der Waals surface area (Å²) in [4.78, 5) is 15.3. The summed E-state index contributed by atoms with van der Waals surface area (Å²) >= 11 is 0. The molecule has 0 atom stereocenters. The Morgan fingerprint density at radius 3 is 2.16 bits per heavy atom. The molecule has 0 fully saturated rings. The van der Waals surface area contributed by atoms with Crippen molar-refractivity contribution >= 4 is 5.78 Å². The molecular weight excluding hydrogens is 402 g/mol. The first-order valence-corrected chi connectivity index (χ1v) is 11.0. The molecule has 0 N–H and O–H groups in total. The van der Waals surface area contributed by atoms with Crippen molar-refractivity contribution in [2.75, 3.05) is 33.4 Å². The van der Waals surface area contributed by atoms with E-state index in [0.29, 0.717) is 35.8 Å². The lowest BCUT2D eigenvalue weighted by molar-refractivity contribution is 0.103. The van der Waals surface area contributed by atoms with Crippen molar-refractivity contribution < 1.29 is 19.0 Å². The predicted molar refractivity (Wildman–Crippen MR) is 127 cm³/mol. The van der Waals surface area contributed by atoms with Crippen molar-refractivity contribution in [3.05, 3.63) is 89.5 Å². The molecule has 0 aromatic heterocycles. The van der Waals surface area contributed by atoms with Gasteiger partial charge in [0.15, 0.2) is 17.3 Å². The summed E-state index contributed by atoms with van der Waals surface area (Å²) in [5.41, 5.74) is 2.21. The molecule has 0 aliphatic rings. The number of hydrogen-bond acceptors (Lipinski definition) is 5. The molecule has 0 spiro atoms. The van der Waals surface area contributed by atoms with E-state index in [0.717, 1.165) is 30.9 Å². The highest BCUT2D eigenvalue weighted by molar-refractivity contribution is 6.09. The Hall–Kier alpha value is -3.31. The van der Waals surface area contributed by atoms with Gasteiger partial charge in [-0.25, -0.2) is 0 Å². The number of carbonyl (C=O) groups excluding carboxylic acids is 1. The van der Waals surface area contributed by atoms with E-state index in [4.69, 9.17) is 14.2 Å². The molecule has 32 heavy (non-hydrogen) atoms. The molecule has 0 aliphatic carbocycles. The van der Waals surface area contributed by atoms with Crippen molar-refractivity contribution in [1.29, 1.82) is 0 Å². The highest BCUT2D eigenvalue weighted by Crippen LogP contribution is 2.30. The van der Waals surface area contributed by atoms with Crippen molar-refractivity contribution in [2.45, 2.75) is 20.5 Å². The topological polar surface area (TPSA) is 48.0 Å². The largest absolute Gasteiger partial charge is 0.493 e. The summed E-state index contributed by atoms with van der Waals surface area (Å²) in [5.74, 6) is 1.82. The van der Waals surface area contributed by atoms with Crippen LogP contribution in [0.5, 0.6) is 17.2 Å². The van der Waals surface area contributed by atoms with Crippen molar-refractivity contribution in [3.8, 4) is 17.2 Å². The number of hydrogen-bond donors (Lipinski definition) is 0. The molecule has 0 unspecified atom stereocenters. The molecule has 0 aliphatic heterocycles. The van der Waals surface area contributed by atoms with Gasteiger partial charge < -0.3 is 19.1 Å². The second kappa shape index (κ2) is 11.9. The summed E-state index contributed by atoms with van der Waals surface area (Å²) in [5, 5.41) is 0. The Labute approximate surface area is 190 Å². The van der Waals surface area contributed by atoms with Crippen molar-refractivity contribution in [2.24, 2.45) is 0 Å². The first kappa shape index (κ1) is 23.4. The Morgan fingerprint density at radius 2 is 1.50 bits per heavy atom. The third-order valence-electron chi connectivity index (χ3n) is 5.35. The molecule has 5 nitrogen and oxygen atoms in total. The van der Waals surface area contributed by atoms with Crippen LogP contribution in [0.2, 0.25) is 0 Å². The Balaban J connectivity index is 1.62. The van der Waals surface area contributed by atoms with Gasteiger partial charge in [0.1, 0.15) is 19.0 Å². The summed E-state index contributed by atoms with van der Waals surface area (Å²) in [6.45, 7) is 8.23. The summed E-state index contributed by atoms with van der Waals surface area (Å²) in [7, 11) is 1.57. The maximum absolute atomic E-state index is 13.0. The van der Waals surface area contributed by atoms with Crippen molar-refractivity contribution in [3.63, 3.8) is 0 Å². The second-order valence-corrected chi connectivity index (χ2v) is 7.37. The molecule has 0 amide bonds. The third kappa shape index (κ3) is 6.34. The zero-order chi connectivity index (χ0) is 22.8. The lowest BCUT2D eigenvalue weighted by atomic mass is 10.0. The van der Waals surface area contributed by atoms with Crippen LogP contribution < -0.4 is 14.2 Å². The molecule has 0 saturated carbocycles. The minimum atomic E-state index is -0.0763. The number of methoxy groups -OCH3 is 1. The van der Waals surface area contributed by atoms with E-state index in [2.05, 4.69) is 18.7 Å². The number of carbonyl (C=O) groups is 1. The number of nitrogens with zero attached hydrogens (tertiary/aromatic N) is 1. The molecule has 3 aromatic carbocycles. The fourth-order valence-electron chi connectivity index (χ4n) is 3.37. The zero-order valence-electron chi connectivity index (χ0n) is 19.0. The molecule has 3 rings (SSSR count). The molecule has 5 heteroatoms. The highest BCUT2D eigenvalue weighted by Gasteiger charge is 2.14. The summed E-state index contributed by atoms with van der Waals surface area (Å²) in [6.07, 6.45) is 0. The molecule has 0 radical (unpaired) electrons. The van der Waals surface area contributed by atoms with Crippen LogP contribution in [0.3, 0.4) is 0 Å². The molecule has 0 bridgehead atoms. The predicted octanol–water partition coefficient (Wildman–Crippen LogP) is 5.23. The average molecular weight is 434 g/mol. The van der Waals surface area contributed by atoms with E-state index in [1.807, 2.05) is 42.5 Å². The standard InChI is InChI=1S/C27H31NO4/c1-4-28(5-2)17-18-31-24-14-11-22(12-15-24)27(29)23-13-16-25(26(19-23)30-3)32-20-21-9-7-6-8-10-21/h6-16,19H,4-5,17-18,20H2,1-3H3. The van der Waals surface area contributed by atoms with E-state index in [9.17, 15) is 4.79 Å².